The molecule has 7 heteroatoms. The molecule has 0 aliphatic heterocycles. The Labute approximate surface area is 157 Å². The van der Waals surface area contributed by atoms with Gasteiger partial charge in [0.25, 0.3) is 0 Å². The van der Waals surface area contributed by atoms with E-state index in [0.29, 0.717) is 28.3 Å². The fraction of sp³-hybridized carbons (Fsp3) is 0.350. The minimum atomic E-state index is -1.03. The first-order chi connectivity index (χ1) is 12.7. The van der Waals surface area contributed by atoms with E-state index >= 15 is 0 Å². The summed E-state index contributed by atoms with van der Waals surface area (Å²) in [6.45, 7) is 6.35. The van der Waals surface area contributed by atoms with Crippen LogP contribution >= 0.6 is 0 Å². The Morgan fingerprint density at radius 1 is 1.04 bits per heavy atom. The van der Waals surface area contributed by atoms with Gasteiger partial charge >= 0.3 is 5.97 Å². The first-order valence-corrected chi connectivity index (χ1v) is 8.38. The van der Waals surface area contributed by atoms with E-state index in [9.17, 15) is 14.4 Å². The van der Waals surface area contributed by atoms with E-state index in [0.717, 1.165) is 0 Å². The van der Waals surface area contributed by atoms with E-state index in [1.165, 1.54) is 40.2 Å². The number of benzene rings is 1. The third-order valence-electron chi connectivity index (χ3n) is 4.31. The van der Waals surface area contributed by atoms with Crippen molar-refractivity contribution in [2.75, 3.05) is 14.2 Å². The van der Waals surface area contributed by atoms with Crippen molar-refractivity contribution in [3.63, 3.8) is 0 Å². The minimum absolute atomic E-state index is 0.129. The average molecular weight is 373 g/mol. The molecule has 2 aromatic rings. The largest absolute Gasteiger partial charge is 0.493 e. The van der Waals surface area contributed by atoms with Gasteiger partial charge in [-0.05, 0) is 51.5 Å². The maximum Gasteiger partial charge on any atom is 0.338 e. The molecule has 0 spiro atoms. The first kappa shape index (κ1) is 20.2. The van der Waals surface area contributed by atoms with Crippen LogP contribution in [0.2, 0.25) is 0 Å². The zero-order valence-electron chi connectivity index (χ0n) is 16.3. The van der Waals surface area contributed by atoms with Crippen molar-refractivity contribution in [1.82, 2.24) is 4.98 Å². The molecule has 0 radical (unpaired) electrons. The molecule has 1 N–H and O–H groups in total. The summed E-state index contributed by atoms with van der Waals surface area (Å²) in [5.74, 6) is -0.336. The molecule has 1 aromatic heterocycles. The van der Waals surface area contributed by atoms with Crippen LogP contribution < -0.4 is 9.47 Å². The zero-order chi connectivity index (χ0) is 20.3. The van der Waals surface area contributed by atoms with E-state index in [4.69, 9.17) is 14.2 Å². The maximum atomic E-state index is 12.7. The fourth-order valence-electron chi connectivity index (χ4n) is 2.97. The van der Waals surface area contributed by atoms with Crippen LogP contribution in [0.15, 0.2) is 18.2 Å². The summed E-state index contributed by atoms with van der Waals surface area (Å²) in [5.41, 5.74) is 2.15. The van der Waals surface area contributed by atoms with Crippen LogP contribution in [0.3, 0.4) is 0 Å². The molecule has 0 unspecified atom stereocenters. The average Bonchev–Trinajstić information content (AvgIpc) is 2.94. The van der Waals surface area contributed by atoms with E-state index in [1.807, 2.05) is 0 Å². The minimum Gasteiger partial charge on any atom is -0.493 e. The molecule has 1 heterocycles. The maximum absolute atomic E-state index is 12.7. The number of carbonyl (C=O) groups is 3. The normalized spacial score (nSPS) is 11.6. The molecule has 0 saturated heterocycles. The highest BCUT2D eigenvalue weighted by Gasteiger charge is 2.26. The van der Waals surface area contributed by atoms with Gasteiger partial charge in [-0.3, -0.25) is 9.59 Å². The van der Waals surface area contributed by atoms with Crippen LogP contribution in [0, 0.1) is 13.8 Å². The molecule has 0 bridgehead atoms. The number of H-pyrrole nitrogens is 1. The van der Waals surface area contributed by atoms with Crippen LogP contribution in [0.1, 0.15) is 56.3 Å². The van der Waals surface area contributed by atoms with Gasteiger partial charge in [-0.1, -0.05) is 0 Å². The van der Waals surface area contributed by atoms with Gasteiger partial charge in [0.15, 0.2) is 23.4 Å². The predicted octanol–water partition coefficient (Wildman–Crippen LogP) is 3.28. The van der Waals surface area contributed by atoms with Crippen LogP contribution in [-0.2, 0) is 4.74 Å². The fourth-order valence-corrected chi connectivity index (χ4v) is 2.97. The molecule has 144 valence electrons. The van der Waals surface area contributed by atoms with Crippen molar-refractivity contribution in [3.05, 3.63) is 46.3 Å². The summed E-state index contributed by atoms with van der Waals surface area (Å²) in [4.78, 5) is 39.7. The van der Waals surface area contributed by atoms with Crippen LogP contribution in [0.25, 0.3) is 0 Å². The number of Topliss-reactive ketones (excluding diaryl/α,β-unsaturated/α-hetero) is 2. The van der Waals surface area contributed by atoms with Crippen molar-refractivity contribution < 1.29 is 28.6 Å². The lowest BCUT2D eigenvalue weighted by Gasteiger charge is -2.13. The Hall–Kier alpha value is -3.09. The number of hydrogen-bond donors (Lipinski definition) is 1. The lowest BCUT2D eigenvalue weighted by Crippen LogP contribution is -2.25. The van der Waals surface area contributed by atoms with E-state index in [2.05, 4.69) is 4.98 Å². The molecular weight excluding hydrogens is 350 g/mol. The van der Waals surface area contributed by atoms with E-state index in [1.54, 1.807) is 19.9 Å². The number of methoxy groups -OCH3 is 2. The van der Waals surface area contributed by atoms with Crippen molar-refractivity contribution in [3.8, 4) is 11.5 Å². The van der Waals surface area contributed by atoms with Gasteiger partial charge in [-0.2, -0.15) is 0 Å². The van der Waals surface area contributed by atoms with Gasteiger partial charge in [-0.25, -0.2) is 4.79 Å². The first-order valence-electron chi connectivity index (χ1n) is 8.38. The summed E-state index contributed by atoms with van der Waals surface area (Å²) in [6.07, 6.45) is -1.03. The van der Waals surface area contributed by atoms with Crippen molar-refractivity contribution in [2.45, 2.75) is 33.8 Å². The summed E-state index contributed by atoms with van der Waals surface area (Å²) < 4.78 is 15.6. The quantitative estimate of drug-likeness (QED) is 0.591. The summed E-state index contributed by atoms with van der Waals surface area (Å²) >= 11 is 0. The van der Waals surface area contributed by atoms with Gasteiger partial charge in [0.1, 0.15) is 0 Å². The molecule has 0 fully saturated rings. The number of ketones is 2. The highest BCUT2D eigenvalue weighted by atomic mass is 16.5. The lowest BCUT2D eigenvalue weighted by molar-refractivity contribution is 0.0316. The third-order valence-corrected chi connectivity index (χ3v) is 4.31. The van der Waals surface area contributed by atoms with E-state index in [-0.39, 0.29) is 17.0 Å². The highest BCUT2D eigenvalue weighted by Crippen LogP contribution is 2.28. The molecule has 0 aliphatic rings. The summed E-state index contributed by atoms with van der Waals surface area (Å²) in [7, 11) is 2.95. The molecule has 0 aliphatic carbocycles. The highest BCUT2D eigenvalue weighted by molar-refractivity contribution is 6.05. The van der Waals surface area contributed by atoms with Crippen molar-refractivity contribution in [1.29, 1.82) is 0 Å². The second kappa shape index (κ2) is 8.07. The molecule has 0 saturated carbocycles. The topological polar surface area (TPSA) is 94.7 Å². The van der Waals surface area contributed by atoms with Gasteiger partial charge in [-0.15, -0.1) is 0 Å². The Balaban J connectivity index is 2.21. The van der Waals surface area contributed by atoms with Gasteiger partial charge in [0.2, 0.25) is 5.78 Å². The molecule has 1 atom stereocenters. The molecule has 7 nitrogen and oxygen atoms in total. The lowest BCUT2D eigenvalue weighted by atomic mass is 10.0. The molecule has 0 amide bonds. The van der Waals surface area contributed by atoms with Gasteiger partial charge in [0.05, 0.1) is 25.5 Å². The number of carbonyl (C=O) groups excluding carboxylic acids is 3. The predicted molar refractivity (Wildman–Crippen MR) is 99.0 cm³/mol. The monoisotopic (exact) mass is 373 g/mol. The Bertz CT molecular complexity index is 896. The Morgan fingerprint density at radius 3 is 2.19 bits per heavy atom. The second-order valence-corrected chi connectivity index (χ2v) is 6.16. The molecule has 1 aromatic carbocycles. The number of ether oxygens (including phenoxy) is 3. The number of aromatic nitrogens is 1. The van der Waals surface area contributed by atoms with Crippen LogP contribution in [0.5, 0.6) is 11.5 Å². The number of rotatable bonds is 7. The molecule has 2 rings (SSSR count). The Kier molecular flexibility index (Phi) is 6.05. The van der Waals surface area contributed by atoms with Gasteiger partial charge < -0.3 is 19.2 Å². The second-order valence-electron chi connectivity index (χ2n) is 6.16. The van der Waals surface area contributed by atoms with Crippen LogP contribution in [0.4, 0.5) is 0 Å². The molecular formula is C20H23NO6. The smallest absolute Gasteiger partial charge is 0.338 e. The zero-order valence-corrected chi connectivity index (χ0v) is 16.3. The number of aromatic amines is 1. The van der Waals surface area contributed by atoms with Gasteiger partial charge in [0, 0.05) is 11.3 Å². The number of hydrogen-bond acceptors (Lipinski definition) is 6. The van der Waals surface area contributed by atoms with Crippen molar-refractivity contribution >= 4 is 17.5 Å². The number of nitrogens with one attached hydrogen (secondary N) is 1. The number of aryl methyl sites for hydroxylation is 1. The molecule has 27 heavy (non-hydrogen) atoms. The van der Waals surface area contributed by atoms with Crippen LogP contribution in [-0.4, -0.2) is 42.8 Å². The SMILES string of the molecule is COc1ccc(C(=O)O[C@H](C)C(=O)c2[nH]c(C)c(C(C)=O)c2C)cc1OC. The summed E-state index contributed by atoms with van der Waals surface area (Å²) in [5, 5.41) is 0. The standard InChI is InChI=1S/C20H23NO6/c1-10-17(12(3)22)11(2)21-18(10)19(23)13(4)27-20(24)14-7-8-15(25-5)16(9-14)26-6/h7-9,13,21H,1-6H3/t13-/m1/s1. The summed E-state index contributed by atoms with van der Waals surface area (Å²) in [6, 6.07) is 4.59. The Morgan fingerprint density at radius 2 is 1.67 bits per heavy atom. The van der Waals surface area contributed by atoms with Crippen molar-refractivity contribution in [2.24, 2.45) is 0 Å². The number of esters is 1. The van der Waals surface area contributed by atoms with E-state index < -0.39 is 17.9 Å². The third kappa shape index (κ3) is 4.02.